The zero-order valence-corrected chi connectivity index (χ0v) is 16.3. The Balaban J connectivity index is 2.05. The van der Waals surface area contributed by atoms with Gasteiger partial charge in [0.25, 0.3) is 0 Å². The highest BCUT2D eigenvalue weighted by Crippen LogP contribution is 2.30. The molecule has 0 aliphatic heterocycles. The van der Waals surface area contributed by atoms with Gasteiger partial charge in [-0.2, -0.15) is 4.98 Å². The van der Waals surface area contributed by atoms with Crippen molar-refractivity contribution in [3.05, 3.63) is 59.9 Å². The molecule has 0 unspecified atom stereocenters. The number of halogens is 6. The molecule has 0 saturated carbocycles. The number of hydrogen-bond acceptors (Lipinski definition) is 6. The number of aliphatic hydroxyl groups excluding tert-OH is 1. The summed E-state index contributed by atoms with van der Waals surface area (Å²) < 4.78 is 83.1. The van der Waals surface area contributed by atoms with Crippen molar-refractivity contribution >= 4 is 17.5 Å². The zero-order chi connectivity index (χ0) is 23.5. The number of aliphatic hydroxyl groups is 1. The Bertz CT molecular complexity index is 1110. The van der Waals surface area contributed by atoms with Gasteiger partial charge in [0.15, 0.2) is 11.6 Å². The minimum Gasteiger partial charge on any atom is -0.406 e. The molecule has 1 heterocycles. The van der Waals surface area contributed by atoms with E-state index in [1.54, 1.807) is 6.92 Å². The first kappa shape index (κ1) is 23.1. The van der Waals surface area contributed by atoms with Crippen molar-refractivity contribution in [3.63, 3.8) is 0 Å². The predicted octanol–water partition coefficient (Wildman–Crippen LogP) is 5.00. The number of anilines is 3. The summed E-state index contributed by atoms with van der Waals surface area (Å²) in [7, 11) is 0. The minimum absolute atomic E-state index is 0.0555. The standard InChI is InChI=1S/C20H16F6N4O2/c1-10(9-31)27-19-28-15(11-3-2-4-12(7-11)32-20(24,25)26)8-16(30-19)29-18-14(22)6-5-13(21)17(18)23/h2-8,10,31H,9H2,1H3,(H2,27,28,29,30)/t10-/m1/s1. The third-order valence-electron chi connectivity index (χ3n) is 4.04. The Kier molecular flexibility index (Phi) is 6.72. The first-order chi connectivity index (χ1) is 15.1. The largest absolute Gasteiger partial charge is 0.573 e. The Morgan fingerprint density at radius 3 is 2.44 bits per heavy atom. The fraction of sp³-hybridized carbons (Fsp3) is 0.200. The van der Waals surface area contributed by atoms with Crippen LogP contribution in [0.25, 0.3) is 11.3 Å². The van der Waals surface area contributed by atoms with Crippen LogP contribution in [0.1, 0.15) is 6.92 Å². The van der Waals surface area contributed by atoms with E-state index < -0.39 is 41.3 Å². The quantitative estimate of drug-likeness (QED) is 0.342. The maximum atomic E-state index is 14.1. The van der Waals surface area contributed by atoms with Crippen LogP contribution in [0.4, 0.5) is 43.8 Å². The van der Waals surface area contributed by atoms with E-state index in [2.05, 4.69) is 25.3 Å². The summed E-state index contributed by atoms with van der Waals surface area (Å²) in [5.74, 6) is -4.68. The van der Waals surface area contributed by atoms with Crippen molar-refractivity contribution in [2.24, 2.45) is 0 Å². The van der Waals surface area contributed by atoms with Crippen molar-refractivity contribution in [2.75, 3.05) is 17.2 Å². The topological polar surface area (TPSA) is 79.3 Å². The molecule has 170 valence electrons. The van der Waals surface area contributed by atoms with Crippen LogP contribution in [0.5, 0.6) is 5.75 Å². The summed E-state index contributed by atoms with van der Waals surface area (Å²) >= 11 is 0. The van der Waals surface area contributed by atoms with E-state index in [4.69, 9.17) is 0 Å². The molecule has 12 heteroatoms. The summed E-state index contributed by atoms with van der Waals surface area (Å²) in [4.78, 5) is 8.19. The monoisotopic (exact) mass is 458 g/mol. The molecule has 3 aromatic rings. The molecule has 1 aromatic heterocycles. The van der Waals surface area contributed by atoms with Crippen LogP contribution in [0.3, 0.4) is 0 Å². The Morgan fingerprint density at radius 2 is 1.75 bits per heavy atom. The number of aromatic nitrogens is 2. The highest BCUT2D eigenvalue weighted by molar-refractivity contribution is 5.68. The normalized spacial score (nSPS) is 12.4. The van der Waals surface area contributed by atoms with Gasteiger partial charge in [0.05, 0.1) is 12.3 Å². The predicted molar refractivity (Wildman–Crippen MR) is 104 cm³/mol. The Morgan fingerprint density at radius 1 is 1.03 bits per heavy atom. The van der Waals surface area contributed by atoms with Crippen LogP contribution < -0.4 is 15.4 Å². The van der Waals surface area contributed by atoms with E-state index in [1.165, 1.54) is 18.2 Å². The molecule has 0 aliphatic carbocycles. The van der Waals surface area contributed by atoms with Crippen LogP contribution >= 0.6 is 0 Å². The lowest BCUT2D eigenvalue weighted by atomic mass is 10.1. The number of alkyl halides is 3. The third kappa shape index (κ3) is 5.78. The van der Waals surface area contributed by atoms with Gasteiger partial charge in [-0.1, -0.05) is 12.1 Å². The fourth-order valence-corrected chi connectivity index (χ4v) is 2.61. The maximum absolute atomic E-state index is 14.1. The summed E-state index contributed by atoms with van der Waals surface area (Å²) in [6.07, 6.45) is -4.91. The summed E-state index contributed by atoms with van der Waals surface area (Å²) in [5, 5.41) is 14.3. The first-order valence-corrected chi connectivity index (χ1v) is 9.09. The van der Waals surface area contributed by atoms with E-state index in [9.17, 15) is 31.4 Å². The van der Waals surface area contributed by atoms with Crippen molar-refractivity contribution in [2.45, 2.75) is 19.3 Å². The van der Waals surface area contributed by atoms with Crippen molar-refractivity contribution in [3.8, 4) is 17.0 Å². The lowest BCUT2D eigenvalue weighted by molar-refractivity contribution is -0.274. The van der Waals surface area contributed by atoms with Crippen molar-refractivity contribution in [1.82, 2.24) is 9.97 Å². The molecule has 3 N–H and O–H groups in total. The second kappa shape index (κ2) is 9.30. The lowest BCUT2D eigenvalue weighted by Crippen LogP contribution is -2.21. The smallest absolute Gasteiger partial charge is 0.406 e. The number of ether oxygens (including phenoxy) is 1. The second-order valence-electron chi connectivity index (χ2n) is 6.61. The lowest BCUT2D eigenvalue weighted by Gasteiger charge is -2.15. The average Bonchev–Trinajstić information content (AvgIpc) is 2.72. The number of rotatable bonds is 7. The fourth-order valence-electron chi connectivity index (χ4n) is 2.61. The second-order valence-corrected chi connectivity index (χ2v) is 6.61. The van der Waals surface area contributed by atoms with Crippen molar-refractivity contribution < 1.29 is 36.2 Å². The molecule has 6 nitrogen and oxygen atoms in total. The number of benzene rings is 2. The van der Waals surface area contributed by atoms with Crippen LogP contribution in [0.15, 0.2) is 42.5 Å². The van der Waals surface area contributed by atoms with Gasteiger partial charge in [0.2, 0.25) is 5.95 Å². The summed E-state index contributed by atoms with van der Waals surface area (Å²) in [5.41, 5.74) is -0.595. The molecule has 32 heavy (non-hydrogen) atoms. The molecule has 0 bridgehead atoms. The zero-order valence-electron chi connectivity index (χ0n) is 16.3. The molecule has 0 aliphatic rings. The molecule has 0 saturated heterocycles. The molecule has 2 aromatic carbocycles. The summed E-state index contributed by atoms with van der Waals surface area (Å²) in [6, 6.07) is 6.87. The molecule has 1 atom stereocenters. The molecular weight excluding hydrogens is 442 g/mol. The van der Waals surface area contributed by atoms with E-state index in [0.717, 1.165) is 12.1 Å². The number of nitrogens with one attached hydrogen (secondary N) is 2. The van der Waals surface area contributed by atoms with Gasteiger partial charge < -0.3 is 20.5 Å². The van der Waals surface area contributed by atoms with Gasteiger partial charge in [-0.25, -0.2) is 18.2 Å². The van der Waals surface area contributed by atoms with E-state index in [0.29, 0.717) is 12.1 Å². The minimum atomic E-state index is -4.91. The van der Waals surface area contributed by atoms with Crippen LogP contribution in [-0.4, -0.2) is 34.1 Å². The van der Waals surface area contributed by atoms with Gasteiger partial charge in [0, 0.05) is 17.7 Å². The van der Waals surface area contributed by atoms with Gasteiger partial charge >= 0.3 is 6.36 Å². The van der Waals surface area contributed by atoms with Gasteiger partial charge in [-0.15, -0.1) is 13.2 Å². The number of hydrogen-bond donors (Lipinski definition) is 3. The van der Waals surface area contributed by atoms with E-state index >= 15 is 0 Å². The molecule has 0 amide bonds. The third-order valence-corrected chi connectivity index (χ3v) is 4.04. The van der Waals surface area contributed by atoms with E-state index in [1.807, 2.05) is 0 Å². The van der Waals surface area contributed by atoms with Crippen molar-refractivity contribution in [1.29, 1.82) is 0 Å². The Labute approximate surface area is 177 Å². The number of nitrogens with zero attached hydrogens (tertiary/aromatic N) is 2. The average molecular weight is 458 g/mol. The highest BCUT2D eigenvalue weighted by atomic mass is 19.4. The first-order valence-electron chi connectivity index (χ1n) is 9.09. The van der Waals surface area contributed by atoms with Gasteiger partial charge in [-0.3, -0.25) is 0 Å². The summed E-state index contributed by atoms with van der Waals surface area (Å²) in [6.45, 7) is 1.28. The van der Waals surface area contributed by atoms with Gasteiger partial charge in [-0.05, 0) is 31.2 Å². The molecule has 0 radical (unpaired) electrons. The SMILES string of the molecule is C[C@H](CO)Nc1nc(Nc2c(F)ccc(F)c2F)cc(-c2cccc(OC(F)(F)F)c2)n1. The highest BCUT2D eigenvalue weighted by Gasteiger charge is 2.31. The van der Waals surface area contributed by atoms with Crippen LogP contribution in [-0.2, 0) is 0 Å². The Hall–Kier alpha value is -3.54. The maximum Gasteiger partial charge on any atom is 0.573 e. The van der Waals surface area contributed by atoms with Gasteiger partial charge in [0.1, 0.15) is 23.1 Å². The van der Waals surface area contributed by atoms with Crippen LogP contribution in [0, 0.1) is 17.5 Å². The molecule has 3 rings (SSSR count). The van der Waals surface area contributed by atoms with E-state index in [-0.39, 0.29) is 29.6 Å². The molecular formula is C20H16F6N4O2. The van der Waals surface area contributed by atoms with Crippen LogP contribution in [0.2, 0.25) is 0 Å². The molecule has 0 fully saturated rings. The molecule has 0 spiro atoms.